The number of nitrogens with zero attached hydrogens (tertiary/aromatic N) is 3. The summed E-state index contributed by atoms with van der Waals surface area (Å²) in [5, 5.41) is 19.2. The Hall–Kier alpha value is -0.0697. The molecule has 0 saturated heterocycles. The normalized spacial score (nSPS) is 10.4. The van der Waals surface area contributed by atoms with Crippen LogP contribution in [0.1, 0.15) is 71.4 Å². The number of hydrogen-bond acceptors (Lipinski definition) is 2. The monoisotopic (exact) mass is 599 g/mol. The van der Waals surface area contributed by atoms with Crippen molar-refractivity contribution in [1.82, 2.24) is 0 Å². The Morgan fingerprint density at radius 1 is 0.857 bits per heavy atom. The molecular weight excluding hydrogens is 562 g/mol. The van der Waals surface area contributed by atoms with Gasteiger partial charge < -0.3 is 40.6 Å². The second-order valence-electron chi connectivity index (χ2n) is 7.66. The molecule has 0 aliphatic rings. The first-order valence-electron chi connectivity index (χ1n) is 8.82. The van der Waals surface area contributed by atoms with Crippen LogP contribution in [-0.4, -0.2) is 34.1 Å². The van der Waals surface area contributed by atoms with Gasteiger partial charge in [0.2, 0.25) is 0 Å². The maximum absolute atomic E-state index is 12.2. The zero-order valence-electron chi connectivity index (χ0n) is 19.3. The van der Waals surface area contributed by atoms with E-state index in [1.807, 2.05) is 20.8 Å². The third-order valence-corrected chi connectivity index (χ3v) is 3.20. The maximum Gasteiger partial charge on any atom is 5.00 e. The van der Waals surface area contributed by atoms with Gasteiger partial charge in [-0.3, -0.25) is 4.99 Å². The van der Waals surface area contributed by atoms with E-state index < -0.39 is 5.41 Å². The first-order chi connectivity index (χ1) is 11.5. The second kappa shape index (κ2) is 20.2. The van der Waals surface area contributed by atoms with Crippen molar-refractivity contribution in [2.45, 2.75) is 60.3 Å². The molecule has 0 atom stereocenters. The number of para-hydroxylation sites is 1. The molecule has 0 amide bonds. The summed E-state index contributed by atoms with van der Waals surface area (Å²) in [7, 11) is 7.00. The molecule has 28 heavy (non-hydrogen) atoms. The third kappa shape index (κ3) is 15.8. The van der Waals surface area contributed by atoms with E-state index in [1.165, 1.54) is 0 Å². The molecule has 0 aliphatic carbocycles. The van der Waals surface area contributed by atoms with Crippen molar-refractivity contribution in [1.29, 1.82) is 0 Å². The van der Waals surface area contributed by atoms with E-state index in [1.54, 1.807) is 28.2 Å². The van der Waals surface area contributed by atoms with Crippen LogP contribution in [0, 0.1) is 5.41 Å². The number of hydrogen-bond donors (Lipinski definition) is 0. The van der Waals surface area contributed by atoms with Gasteiger partial charge in [-0.1, -0.05) is 66.7 Å². The first-order valence-corrected chi connectivity index (χ1v) is 8.82. The average molecular weight is 600 g/mol. The summed E-state index contributed by atoms with van der Waals surface area (Å²) in [4.78, 5) is 4.43. The fourth-order valence-corrected chi connectivity index (χ4v) is 1.91. The van der Waals surface area contributed by atoms with Gasteiger partial charge in [0.15, 0.2) is 0 Å². The van der Waals surface area contributed by atoms with Crippen molar-refractivity contribution in [2.75, 3.05) is 28.2 Å². The summed E-state index contributed by atoms with van der Waals surface area (Å²) >= 11 is 0. The minimum Gasteiger partial charge on any atom is -1.00 e. The van der Waals surface area contributed by atoms with Crippen LogP contribution >= 0.6 is 0 Å². The van der Waals surface area contributed by atoms with E-state index in [0.29, 0.717) is 11.8 Å². The predicted octanol–water partition coefficient (Wildman–Crippen LogP) is -0.385. The summed E-state index contributed by atoms with van der Waals surface area (Å²) < 4.78 is 0. The van der Waals surface area contributed by atoms with Crippen molar-refractivity contribution < 1.29 is 52.3 Å². The molecule has 0 aliphatic heterocycles. The van der Waals surface area contributed by atoms with Crippen LogP contribution in [0.2, 0.25) is 0 Å². The van der Waals surface area contributed by atoms with Crippen LogP contribution in [0.5, 0.6) is 0 Å². The zero-order valence-corrected chi connectivity index (χ0v) is 24.1. The van der Waals surface area contributed by atoms with Crippen molar-refractivity contribution in [3.63, 3.8) is 0 Å². The quantitative estimate of drug-likeness (QED) is 0.345. The molecule has 0 fully saturated rings. The largest absolute Gasteiger partial charge is 5.00 e. The number of benzene rings is 1. The van der Waals surface area contributed by atoms with Gasteiger partial charge >= 0.3 is 22.4 Å². The van der Waals surface area contributed by atoms with E-state index in [4.69, 9.17) is 0 Å². The van der Waals surface area contributed by atoms with Gasteiger partial charge in [-0.2, -0.15) is 28.2 Å². The maximum atomic E-state index is 12.2. The first kappa shape index (κ1) is 38.5. The Kier molecular flexibility index (Phi) is 27.8. The smallest absolute Gasteiger partial charge is 1.00 e. The summed E-state index contributed by atoms with van der Waals surface area (Å²) in [6.45, 7) is 14.3. The van der Waals surface area contributed by atoms with Crippen LogP contribution in [0.4, 0.5) is 5.69 Å². The number of rotatable bonds is 3. The molecule has 0 radical (unpaired) electrons. The Balaban J connectivity index is -0.000000174. The molecule has 0 bridgehead atoms. The summed E-state index contributed by atoms with van der Waals surface area (Å²) in [5.41, 5.74) is 2.76. The molecule has 0 aromatic heterocycles. The van der Waals surface area contributed by atoms with Crippen molar-refractivity contribution in [3.8, 4) is 0 Å². The Bertz CT molecular complexity index is 489. The van der Waals surface area contributed by atoms with Crippen molar-refractivity contribution in [2.24, 2.45) is 10.4 Å². The summed E-state index contributed by atoms with van der Waals surface area (Å²) in [6, 6.07) is 6.21. The molecule has 0 N–H and O–H groups in total. The van der Waals surface area contributed by atoms with Gasteiger partial charge in [0, 0.05) is 0 Å². The van der Waals surface area contributed by atoms with Crippen LogP contribution in [-0.2, 0) is 22.4 Å². The van der Waals surface area contributed by atoms with Gasteiger partial charge in [0.25, 0.3) is 0 Å². The zero-order chi connectivity index (χ0) is 20.2. The predicted molar refractivity (Wildman–Crippen MR) is 112 cm³/mol. The van der Waals surface area contributed by atoms with Crippen LogP contribution in [0.25, 0.3) is 10.6 Å². The molecule has 1 aromatic carbocycles. The molecule has 1 aromatic rings. The molecule has 4 nitrogen and oxygen atoms in total. The molecule has 0 spiro atoms. The molecule has 0 unspecified atom stereocenters. The molecule has 0 saturated carbocycles. The van der Waals surface area contributed by atoms with E-state index in [0.717, 1.165) is 16.8 Å². The van der Waals surface area contributed by atoms with Gasteiger partial charge in [-0.15, -0.1) is 0 Å². The molecule has 0 heterocycles. The Labute approximate surface area is 202 Å². The molecule has 1 rings (SSSR count). The fraction of sp³-hybridized carbons (Fsp3) is 0.667. The fourth-order valence-electron chi connectivity index (χ4n) is 1.91. The van der Waals surface area contributed by atoms with E-state index >= 15 is 0 Å². The van der Waals surface area contributed by atoms with Gasteiger partial charge in [-0.05, 0) is 34.3 Å². The molecular formula is C21H38Cl2N3OTa. The minimum absolute atomic E-state index is 0. The summed E-state index contributed by atoms with van der Waals surface area (Å²) in [6.07, 6.45) is 0. The van der Waals surface area contributed by atoms with E-state index in [9.17, 15) is 5.11 Å². The van der Waals surface area contributed by atoms with Gasteiger partial charge in [-0.25, -0.2) is 0 Å². The third-order valence-electron chi connectivity index (χ3n) is 3.20. The van der Waals surface area contributed by atoms with Crippen LogP contribution < -0.4 is 29.9 Å². The summed E-state index contributed by atoms with van der Waals surface area (Å²) in [5.74, 6) is 0.679. The molecule has 7 heteroatoms. The van der Waals surface area contributed by atoms with Gasteiger partial charge in [0.1, 0.15) is 0 Å². The number of halogens is 2. The van der Waals surface area contributed by atoms with Crippen LogP contribution in [0.15, 0.2) is 23.2 Å². The Morgan fingerprint density at radius 2 is 1.14 bits per heavy atom. The van der Waals surface area contributed by atoms with Crippen molar-refractivity contribution in [3.05, 3.63) is 40.0 Å². The van der Waals surface area contributed by atoms with Crippen LogP contribution in [0.3, 0.4) is 0 Å². The number of aliphatic imine (C=N–C) groups is 1. The van der Waals surface area contributed by atoms with Crippen molar-refractivity contribution >= 4 is 11.6 Å². The standard InChI is InChI=1S/C17H27NO.2C2H6N.2ClH.Ta/c1-11(2)13-9-8-10-14(12(3)4)15(13)18-16(19)17(5,6)7;2*1-3-2;;;/h8-12H,1-7H3,(H,18,19);2*1-2H3;2*1H;/q;2*-1;;;+5/p-3. The molecule has 162 valence electrons. The SMILES string of the molecule is CC(C)c1cccc(C(C)C)c1N=C([O-])C(C)(C)C.C[N-]C.C[N-]C.[Cl-].[Cl-].[Ta+5]. The second-order valence-corrected chi connectivity index (χ2v) is 7.66. The van der Waals surface area contributed by atoms with E-state index in [2.05, 4.69) is 61.5 Å². The average Bonchev–Trinajstić information content (AvgIpc) is 2.47. The van der Waals surface area contributed by atoms with Gasteiger partial charge in [0.05, 0.1) is 5.69 Å². The topological polar surface area (TPSA) is 63.6 Å². The Morgan fingerprint density at radius 3 is 1.36 bits per heavy atom. The van der Waals surface area contributed by atoms with E-state index in [-0.39, 0.29) is 53.1 Å². The minimum atomic E-state index is -0.432.